The topological polar surface area (TPSA) is 101 Å². The monoisotopic (exact) mass is 374 g/mol. The van der Waals surface area contributed by atoms with E-state index in [0.29, 0.717) is 36.0 Å². The number of Topliss-reactive ketones (excluding diaryl/α,β-unsaturated/α-hetero) is 1. The van der Waals surface area contributed by atoms with Crippen LogP contribution in [0.1, 0.15) is 19.8 Å². The zero-order chi connectivity index (χ0) is 18.3. The Labute approximate surface area is 150 Å². The van der Waals surface area contributed by atoms with Gasteiger partial charge in [-0.15, -0.1) is 0 Å². The van der Waals surface area contributed by atoms with Crippen molar-refractivity contribution in [2.24, 2.45) is 11.7 Å². The van der Waals surface area contributed by atoms with Gasteiger partial charge in [0.15, 0.2) is 5.78 Å². The Morgan fingerprint density at radius 2 is 1.62 bits per heavy atom. The van der Waals surface area contributed by atoms with Crippen molar-refractivity contribution in [3.63, 3.8) is 0 Å². The molecule has 1 atom stereocenters. The molecule has 0 spiro atoms. The van der Waals surface area contributed by atoms with Crippen LogP contribution < -0.4 is 5.73 Å². The van der Waals surface area contributed by atoms with Crippen LogP contribution in [0, 0.1) is 5.92 Å². The number of piperidine rings is 1. The highest BCUT2D eigenvalue weighted by atomic mass is 35.5. The summed E-state index contributed by atoms with van der Waals surface area (Å²) >= 11 is 11.2. The molecule has 1 unspecified atom stereocenters. The number of halogens is 2. The van der Waals surface area contributed by atoms with Crippen molar-refractivity contribution >= 4 is 40.9 Å². The number of ketones is 1. The second-order valence-electron chi connectivity index (χ2n) is 5.44. The highest BCUT2D eigenvalue weighted by Crippen LogP contribution is 2.19. The molecule has 8 heteroatoms. The highest BCUT2D eigenvalue weighted by molar-refractivity contribution is 6.41. The molecular formula is C16H20Cl2N2O4. The van der Waals surface area contributed by atoms with Gasteiger partial charge in [0.25, 0.3) is 0 Å². The van der Waals surface area contributed by atoms with Crippen LogP contribution >= 0.6 is 23.2 Å². The lowest BCUT2D eigenvalue weighted by atomic mass is 9.96. The molecule has 0 aliphatic carbocycles. The number of aliphatic carboxylic acids is 1. The van der Waals surface area contributed by atoms with E-state index in [4.69, 9.17) is 34.0 Å². The van der Waals surface area contributed by atoms with Gasteiger partial charge in [0.1, 0.15) is 6.04 Å². The molecule has 3 N–H and O–H groups in total. The molecule has 2 rings (SSSR count). The summed E-state index contributed by atoms with van der Waals surface area (Å²) < 4.78 is 0. The Balaban J connectivity index is 0.000000300. The van der Waals surface area contributed by atoms with Crippen LogP contribution in [0.25, 0.3) is 0 Å². The summed E-state index contributed by atoms with van der Waals surface area (Å²) in [6.07, 6.45) is 0.845. The van der Waals surface area contributed by atoms with Crippen molar-refractivity contribution in [2.75, 3.05) is 13.1 Å². The molecule has 1 aliphatic rings. The fourth-order valence-corrected chi connectivity index (χ4v) is 2.43. The van der Waals surface area contributed by atoms with Crippen molar-refractivity contribution in [1.82, 2.24) is 4.90 Å². The minimum Gasteiger partial charge on any atom is -0.481 e. The van der Waals surface area contributed by atoms with Crippen molar-refractivity contribution in [1.29, 1.82) is 0 Å². The molecule has 0 saturated carbocycles. The molecule has 1 fully saturated rings. The van der Waals surface area contributed by atoms with Gasteiger partial charge in [-0.25, -0.2) is 0 Å². The van der Waals surface area contributed by atoms with Crippen LogP contribution in [-0.2, 0) is 14.4 Å². The van der Waals surface area contributed by atoms with E-state index in [0.717, 1.165) is 0 Å². The van der Waals surface area contributed by atoms with Gasteiger partial charge in [0.05, 0.1) is 16.0 Å². The zero-order valence-electron chi connectivity index (χ0n) is 13.2. The molecule has 1 aliphatic heterocycles. The standard InChI is InChI=1S/C10H16N2O4.C6H4Cl2/c1-6(13)8(11)9(14)12-4-2-7(3-5-12)10(15)16;7-5-3-1-2-4-6(5)8/h7-8H,2-5,11H2,1H3,(H,15,16);1-4H. The average molecular weight is 375 g/mol. The van der Waals surface area contributed by atoms with E-state index < -0.39 is 23.8 Å². The van der Waals surface area contributed by atoms with E-state index in [9.17, 15) is 14.4 Å². The number of hydrogen-bond donors (Lipinski definition) is 2. The average Bonchev–Trinajstić information content (AvgIpc) is 2.56. The predicted molar refractivity (Wildman–Crippen MR) is 92.1 cm³/mol. The number of likely N-dealkylation sites (tertiary alicyclic amines) is 1. The molecule has 0 bridgehead atoms. The molecule has 0 aromatic heterocycles. The first-order valence-electron chi connectivity index (χ1n) is 7.41. The summed E-state index contributed by atoms with van der Waals surface area (Å²) in [5.74, 6) is -2.00. The molecule has 0 radical (unpaired) electrons. The number of nitrogens with zero attached hydrogens (tertiary/aromatic N) is 1. The number of carbonyl (C=O) groups is 3. The van der Waals surface area contributed by atoms with Gasteiger partial charge in [-0.3, -0.25) is 14.4 Å². The molecule has 1 aromatic rings. The number of amides is 1. The minimum atomic E-state index is -1.11. The lowest BCUT2D eigenvalue weighted by molar-refractivity contribution is -0.146. The third-order valence-corrected chi connectivity index (χ3v) is 4.44. The third-order valence-electron chi connectivity index (χ3n) is 3.68. The normalized spacial score (nSPS) is 15.9. The van der Waals surface area contributed by atoms with Crippen molar-refractivity contribution < 1.29 is 19.5 Å². The number of hydrogen-bond acceptors (Lipinski definition) is 4. The van der Waals surface area contributed by atoms with Crippen molar-refractivity contribution in [3.05, 3.63) is 34.3 Å². The van der Waals surface area contributed by atoms with E-state index in [1.165, 1.54) is 11.8 Å². The number of rotatable bonds is 3. The number of benzene rings is 1. The van der Waals surface area contributed by atoms with Gasteiger partial charge >= 0.3 is 5.97 Å². The molecule has 1 amide bonds. The van der Waals surface area contributed by atoms with Crippen molar-refractivity contribution in [2.45, 2.75) is 25.8 Å². The lowest BCUT2D eigenvalue weighted by Gasteiger charge is -2.31. The number of nitrogens with two attached hydrogens (primary N) is 1. The minimum absolute atomic E-state index is 0.358. The first-order valence-corrected chi connectivity index (χ1v) is 8.17. The quantitative estimate of drug-likeness (QED) is 0.789. The van der Waals surface area contributed by atoms with Gasteiger partial charge in [0.2, 0.25) is 5.91 Å². The Morgan fingerprint density at radius 3 is 1.96 bits per heavy atom. The van der Waals surface area contributed by atoms with E-state index in [2.05, 4.69) is 0 Å². The second-order valence-corrected chi connectivity index (χ2v) is 6.25. The van der Waals surface area contributed by atoms with Crippen LogP contribution in [0.15, 0.2) is 24.3 Å². The van der Waals surface area contributed by atoms with E-state index in [1.54, 1.807) is 12.1 Å². The largest absolute Gasteiger partial charge is 0.481 e. The molecule has 1 heterocycles. The van der Waals surface area contributed by atoms with Crippen molar-refractivity contribution in [3.8, 4) is 0 Å². The lowest BCUT2D eigenvalue weighted by Crippen LogP contribution is -2.50. The number of carboxylic acid groups (broad SMARTS) is 1. The van der Waals surface area contributed by atoms with Crippen LogP contribution in [0.2, 0.25) is 10.0 Å². The molecule has 24 heavy (non-hydrogen) atoms. The summed E-state index contributed by atoms with van der Waals surface area (Å²) in [5, 5.41) is 9.99. The third kappa shape index (κ3) is 6.11. The Morgan fingerprint density at radius 1 is 1.17 bits per heavy atom. The summed E-state index contributed by atoms with van der Waals surface area (Å²) in [6.45, 7) is 1.99. The molecule has 132 valence electrons. The van der Waals surface area contributed by atoms with Gasteiger partial charge in [-0.1, -0.05) is 35.3 Å². The Hall–Kier alpha value is -1.63. The first kappa shape index (κ1) is 20.4. The number of carboxylic acids is 1. The molecular weight excluding hydrogens is 355 g/mol. The molecule has 6 nitrogen and oxygen atoms in total. The smallest absolute Gasteiger partial charge is 0.306 e. The maximum atomic E-state index is 11.6. The SMILES string of the molecule is CC(=O)C(N)C(=O)N1CCC(C(=O)O)CC1.Clc1ccccc1Cl. The predicted octanol–water partition coefficient (Wildman–Crippen LogP) is 2.22. The van der Waals surface area contributed by atoms with E-state index in [-0.39, 0.29) is 5.78 Å². The first-order chi connectivity index (χ1) is 11.2. The second kappa shape index (κ2) is 9.61. The van der Waals surface area contributed by atoms with E-state index in [1.807, 2.05) is 12.1 Å². The summed E-state index contributed by atoms with van der Waals surface area (Å²) in [4.78, 5) is 34.7. The maximum absolute atomic E-state index is 11.6. The van der Waals surface area contributed by atoms with Crippen LogP contribution in [0.5, 0.6) is 0 Å². The molecule has 1 aromatic carbocycles. The van der Waals surface area contributed by atoms with Gasteiger partial charge in [0, 0.05) is 13.1 Å². The van der Waals surface area contributed by atoms with Gasteiger partial charge in [-0.2, -0.15) is 0 Å². The summed E-state index contributed by atoms with van der Waals surface area (Å²) in [6, 6.07) is 6.08. The van der Waals surface area contributed by atoms with Crippen LogP contribution in [0.4, 0.5) is 0 Å². The zero-order valence-corrected chi connectivity index (χ0v) is 14.8. The Bertz CT molecular complexity index is 580. The summed E-state index contributed by atoms with van der Waals surface area (Å²) in [5.41, 5.74) is 5.43. The fourth-order valence-electron chi connectivity index (χ4n) is 2.16. The van der Waals surface area contributed by atoms with Crippen LogP contribution in [-0.4, -0.2) is 46.8 Å². The highest BCUT2D eigenvalue weighted by Gasteiger charge is 2.30. The van der Waals surface area contributed by atoms with Crippen LogP contribution in [0.3, 0.4) is 0 Å². The van der Waals surface area contributed by atoms with E-state index >= 15 is 0 Å². The Kier molecular flexibility index (Phi) is 8.18. The van der Waals surface area contributed by atoms with Gasteiger partial charge < -0.3 is 15.7 Å². The number of carbonyl (C=O) groups excluding carboxylic acids is 2. The fraction of sp³-hybridized carbons (Fsp3) is 0.438. The maximum Gasteiger partial charge on any atom is 0.306 e. The molecule has 1 saturated heterocycles. The van der Waals surface area contributed by atoms with Gasteiger partial charge in [-0.05, 0) is 31.9 Å². The summed E-state index contributed by atoms with van der Waals surface area (Å²) in [7, 11) is 0.